The van der Waals surface area contributed by atoms with Crippen LogP contribution in [0.5, 0.6) is 11.5 Å². The summed E-state index contributed by atoms with van der Waals surface area (Å²) in [6, 6.07) is 15.1. The third-order valence-corrected chi connectivity index (χ3v) is 6.74. The van der Waals surface area contributed by atoms with E-state index in [1.807, 2.05) is 6.92 Å². The number of amides is 1. The van der Waals surface area contributed by atoms with Crippen LogP contribution in [-0.2, 0) is 14.8 Å². The average Bonchev–Trinajstić information content (AvgIpc) is 3.31. The fourth-order valence-electron chi connectivity index (χ4n) is 2.66. The lowest BCUT2D eigenvalue weighted by Gasteiger charge is -2.21. The van der Waals surface area contributed by atoms with Crippen LogP contribution < -0.4 is 19.1 Å². The molecule has 1 heterocycles. The number of carbonyl (C=O) groups excluding carboxylic acids is 1. The first-order valence-electron chi connectivity index (χ1n) is 9.60. The van der Waals surface area contributed by atoms with Gasteiger partial charge in [-0.15, -0.1) is 11.3 Å². The Labute approximate surface area is 185 Å². The molecule has 1 amide bonds. The topological polar surface area (TPSA) is 97.8 Å². The van der Waals surface area contributed by atoms with Crippen molar-refractivity contribution in [2.45, 2.75) is 11.8 Å². The molecule has 0 unspecified atom stereocenters. The molecule has 0 bridgehead atoms. The predicted octanol–water partition coefficient (Wildman–Crippen LogP) is 2.93. The van der Waals surface area contributed by atoms with Crippen LogP contribution in [0, 0.1) is 0 Å². The molecule has 0 radical (unpaired) electrons. The molecule has 0 aliphatic rings. The maximum Gasteiger partial charge on any atom is 0.266 e. The van der Waals surface area contributed by atoms with E-state index in [9.17, 15) is 13.2 Å². The number of nitrogens with zero attached hydrogens (tertiary/aromatic N) is 2. The van der Waals surface area contributed by atoms with Crippen LogP contribution in [0.2, 0.25) is 0 Å². The minimum Gasteiger partial charge on any atom is -0.494 e. The molecule has 31 heavy (non-hydrogen) atoms. The number of benzene rings is 2. The van der Waals surface area contributed by atoms with Crippen molar-refractivity contribution in [1.29, 1.82) is 0 Å². The van der Waals surface area contributed by atoms with E-state index < -0.39 is 15.9 Å². The maximum atomic E-state index is 13.0. The predicted molar refractivity (Wildman–Crippen MR) is 119 cm³/mol. The second-order valence-electron chi connectivity index (χ2n) is 6.24. The van der Waals surface area contributed by atoms with Crippen molar-refractivity contribution >= 4 is 32.4 Å². The highest BCUT2D eigenvalue weighted by atomic mass is 32.2. The molecule has 1 N–H and O–H groups in total. The van der Waals surface area contributed by atoms with Gasteiger partial charge in [0.05, 0.1) is 18.0 Å². The normalized spacial score (nSPS) is 11.0. The summed E-state index contributed by atoms with van der Waals surface area (Å²) in [6.45, 7) is 2.58. The Kier molecular flexibility index (Phi) is 7.85. The number of nitrogens with one attached hydrogen (secondary N) is 1. The number of sulfonamides is 1. The van der Waals surface area contributed by atoms with Gasteiger partial charge in [-0.2, -0.15) is 0 Å². The number of thiazole rings is 1. The molecule has 8 nitrogen and oxygen atoms in total. The zero-order chi connectivity index (χ0) is 22.1. The van der Waals surface area contributed by atoms with E-state index in [1.165, 1.54) is 18.3 Å². The van der Waals surface area contributed by atoms with Gasteiger partial charge in [-0.05, 0) is 43.3 Å². The number of ether oxygens (including phenoxy) is 2. The molecule has 0 spiro atoms. The van der Waals surface area contributed by atoms with Crippen LogP contribution in [0.1, 0.15) is 6.92 Å². The number of anilines is 1. The number of hydrogen-bond acceptors (Lipinski definition) is 7. The Bertz CT molecular complexity index is 1060. The van der Waals surface area contributed by atoms with Gasteiger partial charge >= 0.3 is 0 Å². The third kappa shape index (κ3) is 6.19. The van der Waals surface area contributed by atoms with Gasteiger partial charge in [-0.25, -0.2) is 17.7 Å². The molecule has 3 aromatic rings. The second-order valence-corrected chi connectivity index (χ2v) is 8.98. The Morgan fingerprint density at radius 1 is 1.06 bits per heavy atom. The Morgan fingerprint density at radius 3 is 2.35 bits per heavy atom. The molecule has 0 aliphatic heterocycles. The van der Waals surface area contributed by atoms with Crippen LogP contribution in [0.3, 0.4) is 0 Å². The number of carbonyl (C=O) groups is 1. The molecule has 2 aromatic carbocycles. The highest BCUT2D eigenvalue weighted by Crippen LogP contribution is 2.25. The molecular weight excluding hydrogens is 438 g/mol. The van der Waals surface area contributed by atoms with E-state index in [0.29, 0.717) is 12.4 Å². The first kappa shape index (κ1) is 22.6. The van der Waals surface area contributed by atoms with Gasteiger partial charge in [-0.1, -0.05) is 18.2 Å². The quantitative estimate of drug-likeness (QED) is 0.441. The Balaban J connectivity index is 1.56. The summed E-state index contributed by atoms with van der Waals surface area (Å²) in [4.78, 5) is 16.6. The minimum absolute atomic E-state index is 0.0943. The summed E-state index contributed by atoms with van der Waals surface area (Å²) in [5, 5.41) is 4.57. The number of hydrogen-bond donors (Lipinski definition) is 1. The first-order chi connectivity index (χ1) is 15.0. The minimum atomic E-state index is -3.92. The molecule has 10 heteroatoms. The molecule has 164 valence electrons. The van der Waals surface area contributed by atoms with Crippen molar-refractivity contribution in [3.63, 3.8) is 0 Å². The van der Waals surface area contributed by atoms with E-state index in [2.05, 4.69) is 10.3 Å². The van der Waals surface area contributed by atoms with Gasteiger partial charge < -0.3 is 14.8 Å². The number of rotatable bonds is 11. The van der Waals surface area contributed by atoms with Crippen LogP contribution >= 0.6 is 11.3 Å². The van der Waals surface area contributed by atoms with Crippen molar-refractivity contribution in [3.05, 3.63) is 66.2 Å². The summed E-state index contributed by atoms with van der Waals surface area (Å²) in [6.07, 6.45) is 1.50. The standard InChI is InChI=1S/C21H23N3O5S2/c1-2-28-17-8-10-18(11-9-17)29-14-12-22-20(25)16-24(21-23-13-15-30-21)31(26,27)19-6-4-3-5-7-19/h3-11,13,15H,2,12,14,16H2,1H3,(H,22,25). The molecule has 0 saturated carbocycles. The molecular formula is C21H23N3O5S2. The second kappa shape index (κ2) is 10.8. The van der Waals surface area contributed by atoms with Crippen molar-refractivity contribution in [3.8, 4) is 11.5 Å². The largest absolute Gasteiger partial charge is 0.494 e. The van der Waals surface area contributed by atoms with Gasteiger partial charge in [0.2, 0.25) is 5.91 Å². The molecule has 0 fully saturated rings. The zero-order valence-corrected chi connectivity index (χ0v) is 18.6. The van der Waals surface area contributed by atoms with Crippen molar-refractivity contribution < 1.29 is 22.7 Å². The van der Waals surface area contributed by atoms with Crippen molar-refractivity contribution in [2.75, 3.05) is 30.6 Å². The highest BCUT2D eigenvalue weighted by molar-refractivity contribution is 7.93. The lowest BCUT2D eigenvalue weighted by atomic mass is 10.3. The third-order valence-electron chi connectivity index (χ3n) is 4.08. The summed E-state index contributed by atoms with van der Waals surface area (Å²) in [7, 11) is -3.92. The van der Waals surface area contributed by atoms with Gasteiger partial charge in [0.25, 0.3) is 10.0 Å². The summed E-state index contributed by atoms with van der Waals surface area (Å²) < 4.78 is 38.0. The van der Waals surface area contributed by atoms with E-state index in [4.69, 9.17) is 9.47 Å². The van der Waals surface area contributed by atoms with Crippen molar-refractivity contribution in [2.24, 2.45) is 0 Å². The van der Waals surface area contributed by atoms with E-state index in [1.54, 1.807) is 47.8 Å². The van der Waals surface area contributed by atoms with Gasteiger partial charge in [-0.3, -0.25) is 4.79 Å². The highest BCUT2D eigenvalue weighted by Gasteiger charge is 2.28. The molecule has 0 atom stereocenters. The zero-order valence-electron chi connectivity index (χ0n) is 16.9. The monoisotopic (exact) mass is 461 g/mol. The fourth-order valence-corrected chi connectivity index (χ4v) is 4.92. The van der Waals surface area contributed by atoms with E-state index in [0.717, 1.165) is 21.4 Å². The van der Waals surface area contributed by atoms with E-state index in [-0.39, 0.29) is 29.7 Å². The number of aromatic nitrogens is 1. The van der Waals surface area contributed by atoms with Gasteiger partial charge in [0.1, 0.15) is 24.7 Å². The smallest absolute Gasteiger partial charge is 0.266 e. The molecule has 0 saturated heterocycles. The van der Waals surface area contributed by atoms with Crippen LogP contribution in [-0.4, -0.2) is 45.6 Å². The van der Waals surface area contributed by atoms with Crippen LogP contribution in [0.15, 0.2) is 71.1 Å². The Hall–Kier alpha value is -3.11. The van der Waals surface area contributed by atoms with Gasteiger partial charge in [0.15, 0.2) is 5.13 Å². The molecule has 0 aliphatic carbocycles. The summed E-state index contributed by atoms with van der Waals surface area (Å²) >= 11 is 1.15. The average molecular weight is 462 g/mol. The van der Waals surface area contributed by atoms with Crippen LogP contribution in [0.4, 0.5) is 5.13 Å². The SMILES string of the molecule is CCOc1ccc(OCCNC(=O)CN(c2nccs2)S(=O)(=O)c2ccccc2)cc1. The van der Waals surface area contributed by atoms with Gasteiger partial charge in [0, 0.05) is 11.6 Å². The Morgan fingerprint density at radius 2 is 1.74 bits per heavy atom. The maximum absolute atomic E-state index is 13.0. The summed E-state index contributed by atoms with van der Waals surface area (Å²) in [5.41, 5.74) is 0. The lowest BCUT2D eigenvalue weighted by molar-refractivity contribution is -0.119. The van der Waals surface area contributed by atoms with Crippen LogP contribution in [0.25, 0.3) is 0 Å². The molecule has 1 aromatic heterocycles. The lowest BCUT2D eigenvalue weighted by Crippen LogP contribution is -2.41. The van der Waals surface area contributed by atoms with E-state index >= 15 is 0 Å². The fraction of sp³-hybridized carbons (Fsp3) is 0.238. The summed E-state index contributed by atoms with van der Waals surface area (Å²) in [5.74, 6) is 0.948. The van der Waals surface area contributed by atoms with Crippen molar-refractivity contribution in [1.82, 2.24) is 10.3 Å². The first-order valence-corrected chi connectivity index (χ1v) is 11.9. The molecule has 3 rings (SSSR count).